The van der Waals surface area contributed by atoms with E-state index >= 15 is 0 Å². The minimum absolute atomic E-state index is 0.0404. The van der Waals surface area contributed by atoms with E-state index in [2.05, 4.69) is 5.32 Å². The minimum Gasteiger partial charge on any atom is -0.447 e. The molecule has 0 aromatic heterocycles. The van der Waals surface area contributed by atoms with Gasteiger partial charge in [0, 0.05) is 18.7 Å². The summed E-state index contributed by atoms with van der Waals surface area (Å²) < 4.78 is 32.0. The van der Waals surface area contributed by atoms with Crippen LogP contribution in [-0.2, 0) is 14.8 Å². The highest BCUT2D eigenvalue weighted by Crippen LogP contribution is 2.30. The average molecular weight is 452 g/mol. The number of cyclic esters (lactones) is 1. The zero-order valence-corrected chi connectivity index (χ0v) is 18.2. The van der Waals surface area contributed by atoms with Crippen molar-refractivity contribution < 1.29 is 22.7 Å². The number of halogens is 1. The third kappa shape index (κ3) is 4.28. The predicted octanol–water partition coefficient (Wildman–Crippen LogP) is 3.58. The first-order chi connectivity index (χ1) is 14.3. The van der Waals surface area contributed by atoms with Gasteiger partial charge in [0.1, 0.15) is 11.5 Å². The van der Waals surface area contributed by atoms with Crippen LogP contribution >= 0.6 is 11.6 Å². The molecule has 0 saturated carbocycles. The summed E-state index contributed by atoms with van der Waals surface area (Å²) in [7, 11) is -3.84. The molecule has 160 valence electrons. The SMILES string of the molecule is CCN(CC)S(=O)(=O)c1cc(C(=O)Nc2ccccc2N2CCOC2=O)ccc1Cl. The molecule has 2 aromatic carbocycles. The predicted molar refractivity (Wildman–Crippen MR) is 115 cm³/mol. The van der Waals surface area contributed by atoms with Gasteiger partial charge in [-0.1, -0.05) is 37.6 Å². The van der Waals surface area contributed by atoms with E-state index in [9.17, 15) is 18.0 Å². The Kier molecular flexibility index (Phi) is 6.64. The Morgan fingerprint density at radius 3 is 2.53 bits per heavy atom. The van der Waals surface area contributed by atoms with Crippen molar-refractivity contribution in [2.24, 2.45) is 0 Å². The molecule has 30 heavy (non-hydrogen) atoms. The molecule has 0 spiro atoms. The number of rotatable bonds is 7. The summed E-state index contributed by atoms with van der Waals surface area (Å²) in [4.78, 5) is 26.1. The topological polar surface area (TPSA) is 96.0 Å². The summed E-state index contributed by atoms with van der Waals surface area (Å²) in [5.74, 6) is -0.525. The Labute approximate surface area is 180 Å². The van der Waals surface area contributed by atoms with Gasteiger partial charge in [0.25, 0.3) is 5.91 Å². The van der Waals surface area contributed by atoms with Crippen LogP contribution in [0.4, 0.5) is 16.2 Å². The van der Waals surface area contributed by atoms with Crippen molar-refractivity contribution in [1.82, 2.24) is 4.31 Å². The monoisotopic (exact) mass is 451 g/mol. The Morgan fingerprint density at radius 2 is 1.90 bits per heavy atom. The summed E-state index contributed by atoms with van der Waals surface area (Å²) in [6.45, 7) is 4.66. The van der Waals surface area contributed by atoms with Crippen LogP contribution < -0.4 is 10.2 Å². The summed E-state index contributed by atoms with van der Waals surface area (Å²) in [5.41, 5.74) is 1.03. The number of anilines is 2. The number of carbonyl (C=O) groups excluding carboxylic acids is 2. The van der Waals surface area contributed by atoms with Crippen molar-refractivity contribution in [2.75, 3.05) is 36.5 Å². The smallest absolute Gasteiger partial charge is 0.414 e. The largest absolute Gasteiger partial charge is 0.447 e. The number of nitrogens with one attached hydrogen (secondary N) is 1. The van der Waals surface area contributed by atoms with E-state index in [-0.39, 0.29) is 35.2 Å². The summed E-state index contributed by atoms with van der Waals surface area (Å²) in [6.07, 6.45) is -0.490. The number of nitrogens with zero attached hydrogens (tertiary/aromatic N) is 2. The van der Waals surface area contributed by atoms with Gasteiger partial charge in [0.15, 0.2) is 0 Å². The molecule has 8 nitrogen and oxygen atoms in total. The van der Waals surface area contributed by atoms with Crippen LogP contribution in [0.15, 0.2) is 47.4 Å². The highest BCUT2D eigenvalue weighted by atomic mass is 35.5. The third-order valence-electron chi connectivity index (χ3n) is 4.72. The molecule has 1 N–H and O–H groups in total. The van der Waals surface area contributed by atoms with Gasteiger partial charge in [-0.25, -0.2) is 13.2 Å². The number of ether oxygens (including phenoxy) is 1. The fourth-order valence-corrected chi connectivity index (χ4v) is 5.12. The summed E-state index contributed by atoms with van der Waals surface area (Å²) in [6, 6.07) is 10.9. The molecule has 10 heteroatoms. The normalized spacial score (nSPS) is 14.1. The number of carbonyl (C=O) groups is 2. The van der Waals surface area contributed by atoms with E-state index in [4.69, 9.17) is 16.3 Å². The maximum absolute atomic E-state index is 12.9. The summed E-state index contributed by atoms with van der Waals surface area (Å²) >= 11 is 6.14. The van der Waals surface area contributed by atoms with E-state index in [0.717, 1.165) is 0 Å². The molecule has 0 radical (unpaired) electrons. The van der Waals surface area contributed by atoms with Crippen LogP contribution in [0.2, 0.25) is 5.02 Å². The lowest BCUT2D eigenvalue weighted by molar-refractivity contribution is 0.102. The first kappa shape index (κ1) is 22.1. The van der Waals surface area contributed by atoms with Crippen LogP contribution in [0.5, 0.6) is 0 Å². The zero-order chi connectivity index (χ0) is 21.9. The van der Waals surface area contributed by atoms with E-state index in [1.54, 1.807) is 38.1 Å². The van der Waals surface area contributed by atoms with Gasteiger partial charge < -0.3 is 10.1 Å². The second kappa shape index (κ2) is 9.03. The van der Waals surface area contributed by atoms with Crippen molar-refractivity contribution in [2.45, 2.75) is 18.7 Å². The Morgan fingerprint density at radius 1 is 1.20 bits per heavy atom. The Balaban J connectivity index is 1.92. The fraction of sp³-hybridized carbons (Fsp3) is 0.300. The van der Waals surface area contributed by atoms with Crippen LogP contribution in [0.25, 0.3) is 0 Å². The fourth-order valence-electron chi connectivity index (χ4n) is 3.17. The van der Waals surface area contributed by atoms with Gasteiger partial charge >= 0.3 is 6.09 Å². The molecule has 2 aromatic rings. The highest BCUT2D eigenvalue weighted by molar-refractivity contribution is 7.89. The van der Waals surface area contributed by atoms with E-state index in [1.807, 2.05) is 0 Å². The molecular formula is C20H22ClN3O5S. The molecule has 0 unspecified atom stereocenters. The average Bonchev–Trinajstić information content (AvgIpc) is 3.15. The number of sulfonamides is 1. The van der Waals surface area contributed by atoms with E-state index in [1.165, 1.54) is 27.4 Å². The van der Waals surface area contributed by atoms with Gasteiger partial charge in [0.05, 0.1) is 22.9 Å². The lowest BCUT2D eigenvalue weighted by Crippen LogP contribution is -2.31. The molecule has 1 saturated heterocycles. The molecule has 1 aliphatic heterocycles. The van der Waals surface area contributed by atoms with Crippen molar-refractivity contribution in [3.05, 3.63) is 53.1 Å². The van der Waals surface area contributed by atoms with Gasteiger partial charge in [-0.3, -0.25) is 9.69 Å². The first-order valence-corrected chi connectivity index (χ1v) is 11.3. The number of para-hydroxylation sites is 2. The molecule has 1 heterocycles. The molecule has 2 amide bonds. The zero-order valence-electron chi connectivity index (χ0n) is 16.6. The van der Waals surface area contributed by atoms with Crippen LogP contribution in [0.3, 0.4) is 0 Å². The van der Waals surface area contributed by atoms with Crippen LogP contribution in [0, 0.1) is 0 Å². The van der Waals surface area contributed by atoms with Crippen molar-refractivity contribution in [3.63, 3.8) is 0 Å². The van der Waals surface area contributed by atoms with Gasteiger partial charge in [-0.15, -0.1) is 0 Å². The lowest BCUT2D eigenvalue weighted by atomic mass is 10.2. The number of hydrogen-bond donors (Lipinski definition) is 1. The number of benzene rings is 2. The second-order valence-electron chi connectivity index (χ2n) is 6.47. The maximum Gasteiger partial charge on any atom is 0.414 e. The minimum atomic E-state index is -3.84. The second-order valence-corrected chi connectivity index (χ2v) is 8.79. The van der Waals surface area contributed by atoms with Crippen LogP contribution in [-0.4, -0.2) is 51.0 Å². The first-order valence-electron chi connectivity index (χ1n) is 9.44. The number of amides is 2. The summed E-state index contributed by atoms with van der Waals surface area (Å²) in [5, 5.41) is 2.78. The van der Waals surface area contributed by atoms with E-state index < -0.39 is 22.0 Å². The third-order valence-corrected chi connectivity index (χ3v) is 7.25. The molecule has 1 fully saturated rings. The number of hydrogen-bond acceptors (Lipinski definition) is 5. The standard InChI is InChI=1S/C20H22ClN3O5S/c1-3-23(4-2)30(27,28)18-13-14(9-10-15(18)21)19(25)22-16-7-5-6-8-17(16)24-11-12-29-20(24)26/h5-10,13H,3-4,11-12H2,1-2H3,(H,22,25). The molecule has 1 aliphatic rings. The molecule has 0 atom stereocenters. The van der Waals surface area contributed by atoms with Crippen molar-refractivity contribution in [1.29, 1.82) is 0 Å². The quantitative estimate of drug-likeness (QED) is 0.694. The van der Waals surface area contributed by atoms with Gasteiger partial charge in [0.2, 0.25) is 10.0 Å². The maximum atomic E-state index is 12.9. The highest BCUT2D eigenvalue weighted by Gasteiger charge is 2.27. The van der Waals surface area contributed by atoms with Crippen LogP contribution in [0.1, 0.15) is 24.2 Å². The van der Waals surface area contributed by atoms with Gasteiger partial charge in [-0.2, -0.15) is 4.31 Å². The Hall–Kier alpha value is -2.62. The van der Waals surface area contributed by atoms with Gasteiger partial charge in [-0.05, 0) is 30.3 Å². The molecular weight excluding hydrogens is 430 g/mol. The molecule has 0 bridgehead atoms. The van der Waals surface area contributed by atoms with Crippen molar-refractivity contribution >= 4 is 45.0 Å². The Bertz CT molecular complexity index is 1070. The van der Waals surface area contributed by atoms with Crippen molar-refractivity contribution in [3.8, 4) is 0 Å². The van der Waals surface area contributed by atoms with E-state index in [0.29, 0.717) is 17.9 Å². The molecule has 0 aliphatic carbocycles. The molecule has 3 rings (SSSR count). The lowest BCUT2D eigenvalue weighted by Gasteiger charge is -2.20.